The number of nitrogens with two attached hydrogens (primary N) is 1. The molecule has 0 fully saturated rings. The van der Waals surface area contributed by atoms with E-state index in [1.165, 1.54) is 32.2 Å². The largest absolute Gasteiger partial charge is 0.495 e. The fraction of sp³-hybridized carbons (Fsp3) is 0.364. The van der Waals surface area contributed by atoms with Gasteiger partial charge in [-0.3, -0.25) is 4.79 Å². The van der Waals surface area contributed by atoms with E-state index in [0.717, 1.165) is 0 Å². The first-order chi connectivity index (χ1) is 8.90. The van der Waals surface area contributed by atoms with Crippen molar-refractivity contribution in [1.29, 1.82) is 0 Å². The molecule has 1 amide bonds. The summed E-state index contributed by atoms with van der Waals surface area (Å²) >= 11 is 0. The lowest BCUT2D eigenvalue weighted by molar-refractivity contribution is -0.114. The topological polar surface area (TPSA) is 111 Å². The summed E-state index contributed by atoms with van der Waals surface area (Å²) in [4.78, 5) is 11.1. The lowest BCUT2D eigenvalue weighted by Crippen LogP contribution is -2.29. The van der Waals surface area contributed by atoms with Gasteiger partial charge in [0, 0.05) is 20.0 Å². The van der Waals surface area contributed by atoms with Crippen LogP contribution in [0.3, 0.4) is 0 Å². The Kier molecular flexibility index (Phi) is 5.28. The lowest BCUT2D eigenvalue weighted by atomic mass is 10.3. The van der Waals surface area contributed by atoms with E-state index in [-0.39, 0.29) is 23.9 Å². The third-order valence-electron chi connectivity index (χ3n) is 2.23. The molecular weight excluding hydrogens is 270 g/mol. The summed E-state index contributed by atoms with van der Waals surface area (Å²) in [5.41, 5.74) is 5.55. The van der Waals surface area contributed by atoms with E-state index in [1.54, 1.807) is 0 Å². The molecule has 0 bridgehead atoms. The number of sulfonamides is 1. The van der Waals surface area contributed by atoms with Gasteiger partial charge in [-0.2, -0.15) is 0 Å². The van der Waals surface area contributed by atoms with Crippen LogP contribution in [0.1, 0.15) is 6.92 Å². The highest BCUT2D eigenvalue weighted by Gasteiger charge is 2.16. The maximum atomic E-state index is 11.9. The van der Waals surface area contributed by atoms with Gasteiger partial charge < -0.3 is 15.8 Å². The van der Waals surface area contributed by atoms with Gasteiger partial charge in [-0.1, -0.05) is 0 Å². The van der Waals surface area contributed by atoms with Gasteiger partial charge in [0.1, 0.15) is 5.75 Å². The number of amides is 1. The quantitative estimate of drug-likeness (QED) is 0.676. The SMILES string of the molecule is COc1ccc(S(=O)(=O)NCCN)cc1NC(C)=O. The second-order valence-electron chi connectivity index (χ2n) is 3.73. The van der Waals surface area contributed by atoms with E-state index in [4.69, 9.17) is 10.5 Å². The van der Waals surface area contributed by atoms with Crippen molar-refractivity contribution in [3.63, 3.8) is 0 Å². The zero-order valence-corrected chi connectivity index (χ0v) is 11.6. The van der Waals surface area contributed by atoms with E-state index in [1.807, 2.05) is 0 Å². The Bertz CT molecular complexity index is 557. The molecule has 106 valence electrons. The summed E-state index contributed by atoms with van der Waals surface area (Å²) in [6.45, 7) is 1.67. The molecule has 0 aliphatic rings. The minimum atomic E-state index is -3.64. The molecule has 0 saturated carbocycles. The number of rotatable bonds is 6. The van der Waals surface area contributed by atoms with E-state index >= 15 is 0 Å². The molecule has 0 atom stereocenters. The zero-order chi connectivity index (χ0) is 14.5. The monoisotopic (exact) mass is 287 g/mol. The minimum Gasteiger partial charge on any atom is -0.495 e. The molecule has 0 unspecified atom stereocenters. The molecule has 19 heavy (non-hydrogen) atoms. The van der Waals surface area contributed by atoms with Gasteiger partial charge >= 0.3 is 0 Å². The van der Waals surface area contributed by atoms with Crippen molar-refractivity contribution < 1.29 is 17.9 Å². The minimum absolute atomic E-state index is 0.0329. The van der Waals surface area contributed by atoms with Crippen molar-refractivity contribution in [2.45, 2.75) is 11.8 Å². The summed E-state index contributed by atoms with van der Waals surface area (Å²) in [7, 11) is -2.21. The molecule has 8 heteroatoms. The van der Waals surface area contributed by atoms with Crippen molar-refractivity contribution >= 4 is 21.6 Å². The highest BCUT2D eigenvalue weighted by molar-refractivity contribution is 7.89. The molecule has 1 aromatic rings. The molecule has 0 aliphatic carbocycles. The number of carbonyl (C=O) groups excluding carboxylic acids is 1. The van der Waals surface area contributed by atoms with Crippen LogP contribution in [-0.2, 0) is 14.8 Å². The Labute approximate surface area is 112 Å². The third-order valence-corrected chi connectivity index (χ3v) is 3.69. The van der Waals surface area contributed by atoms with Crippen LogP contribution >= 0.6 is 0 Å². The van der Waals surface area contributed by atoms with E-state index < -0.39 is 10.0 Å². The number of hydrogen-bond acceptors (Lipinski definition) is 5. The van der Waals surface area contributed by atoms with Crippen molar-refractivity contribution in [3.05, 3.63) is 18.2 Å². The third kappa shape index (κ3) is 4.19. The molecule has 7 nitrogen and oxygen atoms in total. The fourth-order valence-corrected chi connectivity index (χ4v) is 2.49. The number of methoxy groups -OCH3 is 1. The van der Waals surface area contributed by atoms with Crippen LogP contribution in [0.5, 0.6) is 5.75 Å². The molecule has 0 spiro atoms. The molecule has 0 aromatic heterocycles. The zero-order valence-electron chi connectivity index (χ0n) is 10.8. The number of carbonyl (C=O) groups is 1. The van der Waals surface area contributed by atoms with Gasteiger partial charge in [0.25, 0.3) is 0 Å². The molecular formula is C11H17N3O4S. The van der Waals surface area contributed by atoms with E-state index in [0.29, 0.717) is 11.4 Å². The summed E-state index contributed by atoms with van der Waals surface area (Å²) in [5, 5.41) is 2.51. The van der Waals surface area contributed by atoms with Crippen LogP contribution in [0.4, 0.5) is 5.69 Å². The maximum Gasteiger partial charge on any atom is 0.240 e. The standard InChI is InChI=1S/C11H17N3O4S/c1-8(15)14-10-7-9(3-4-11(10)18-2)19(16,17)13-6-5-12/h3-4,7,13H,5-6,12H2,1-2H3,(H,14,15). The summed E-state index contributed by atoms with van der Waals surface area (Å²) in [6.07, 6.45) is 0. The Hall–Kier alpha value is -1.64. The number of benzene rings is 1. The predicted octanol–water partition coefficient (Wildman–Crippen LogP) is -0.109. The van der Waals surface area contributed by atoms with Crippen LogP contribution < -0.4 is 20.5 Å². The van der Waals surface area contributed by atoms with Crippen molar-refractivity contribution in [2.75, 3.05) is 25.5 Å². The molecule has 0 saturated heterocycles. The Balaban J connectivity index is 3.13. The number of ether oxygens (including phenoxy) is 1. The molecule has 0 heterocycles. The molecule has 1 rings (SSSR count). The number of hydrogen-bond donors (Lipinski definition) is 3. The average Bonchev–Trinajstić information content (AvgIpc) is 2.35. The summed E-state index contributed by atoms with van der Waals surface area (Å²) in [6, 6.07) is 4.20. The average molecular weight is 287 g/mol. The van der Waals surface area contributed by atoms with Crippen molar-refractivity contribution in [3.8, 4) is 5.75 Å². The van der Waals surface area contributed by atoms with Gasteiger partial charge in [-0.15, -0.1) is 0 Å². The van der Waals surface area contributed by atoms with Gasteiger partial charge in [0.2, 0.25) is 15.9 Å². The van der Waals surface area contributed by atoms with Crippen LogP contribution in [0.25, 0.3) is 0 Å². The molecule has 0 radical (unpaired) electrons. The molecule has 4 N–H and O–H groups in total. The smallest absolute Gasteiger partial charge is 0.240 e. The van der Waals surface area contributed by atoms with Crippen molar-refractivity contribution in [1.82, 2.24) is 4.72 Å². The van der Waals surface area contributed by atoms with Gasteiger partial charge in [0.15, 0.2) is 0 Å². The highest BCUT2D eigenvalue weighted by atomic mass is 32.2. The second kappa shape index (κ2) is 6.50. The first kappa shape index (κ1) is 15.4. The highest BCUT2D eigenvalue weighted by Crippen LogP contribution is 2.27. The van der Waals surface area contributed by atoms with Crippen LogP contribution in [0.2, 0.25) is 0 Å². The predicted molar refractivity (Wildman–Crippen MR) is 71.5 cm³/mol. The first-order valence-corrected chi connectivity index (χ1v) is 7.04. The Morgan fingerprint density at radius 2 is 2.11 bits per heavy atom. The fourth-order valence-electron chi connectivity index (χ4n) is 1.42. The number of anilines is 1. The van der Waals surface area contributed by atoms with Crippen LogP contribution in [0.15, 0.2) is 23.1 Å². The number of nitrogens with one attached hydrogen (secondary N) is 2. The summed E-state index contributed by atoms with van der Waals surface area (Å²) < 4.78 is 31.2. The maximum absolute atomic E-state index is 11.9. The molecule has 1 aromatic carbocycles. The normalized spacial score (nSPS) is 11.1. The second-order valence-corrected chi connectivity index (χ2v) is 5.50. The van der Waals surface area contributed by atoms with Gasteiger partial charge in [-0.25, -0.2) is 13.1 Å². The van der Waals surface area contributed by atoms with Crippen LogP contribution in [0, 0.1) is 0 Å². The lowest BCUT2D eigenvalue weighted by Gasteiger charge is -2.11. The van der Waals surface area contributed by atoms with Gasteiger partial charge in [-0.05, 0) is 18.2 Å². The summed E-state index contributed by atoms with van der Waals surface area (Å²) in [5.74, 6) is 0.0655. The van der Waals surface area contributed by atoms with E-state index in [2.05, 4.69) is 10.0 Å². The van der Waals surface area contributed by atoms with Crippen molar-refractivity contribution in [2.24, 2.45) is 5.73 Å². The molecule has 0 aliphatic heterocycles. The van der Waals surface area contributed by atoms with Gasteiger partial charge in [0.05, 0.1) is 17.7 Å². The Morgan fingerprint density at radius 1 is 1.42 bits per heavy atom. The first-order valence-electron chi connectivity index (χ1n) is 5.56. The Morgan fingerprint density at radius 3 is 2.63 bits per heavy atom. The van der Waals surface area contributed by atoms with Crippen LogP contribution in [-0.4, -0.2) is 34.5 Å². The van der Waals surface area contributed by atoms with E-state index in [9.17, 15) is 13.2 Å².